The largest absolute Gasteiger partial charge is 0.481 e. The summed E-state index contributed by atoms with van der Waals surface area (Å²) in [7, 11) is -3.62. The van der Waals surface area contributed by atoms with Gasteiger partial charge in [0.2, 0.25) is 10.0 Å². The standard InChI is InChI=1S/C14H16N2O5S/c17-14(18)10-4-3-7-16(8-10)22(19,20)9-12-11-5-1-2-6-13(11)21-15-12/h1-2,5-6,10H,3-4,7-9H2,(H,17,18). The van der Waals surface area contributed by atoms with Crippen molar-refractivity contribution in [3.8, 4) is 0 Å². The average molecular weight is 324 g/mol. The maximum Gasteiger partial charge on any atom is 0.307 e. The summed E-state index contributed by atoms with van der Waals surface area (Å²) in [6.45, 7) is 0.370. The Kier molecular flexibility index (Phi) is 3.88. The van der Waals surface area contributed by atoms with Crippen LogP contribution in [-0.2, 0) is 20.6 Å². The van der Waals surface area contributed by atoms with Crippen molar-refractivity contribution in [3.05, 3.63) is 30.0 Å². The van der Waals surface area contributed by atoms with Crippen molar-refractivity contribution < 1.29 is 22.8 Å². The molecule has 3 rings (SSSR count). The molecule has 2 heterocycles. The molecule has 1 saturated heterocycles. The second kappa shape index (κ2) is 5.69. The zero-order valence-corrected chi connectivity index (χ0v) is 12.6. The molecule has 0 aliphatic carbocycles. The molecule has 0 radical (unpaired) electrons. The molecule has 1 atom stereocenters. The molecule has 1 aliphatic heterocycles. The van der Waals surface area contributed by atoms with Crippen LogP contribution >= 0.6 is 0 Å². The van der Waals surface area contributed by atoms with Gasteiger partial charge in [-0.1, -0.05) is 17.3 Å². The molecule has 0 amide bonds. The lowest BCUT2D eigenvalue weighted by molar-refractivity contribution is -0.142. The van der Waals surface area contributed by atoms with Crippen LogP contribution in [-0.4, -0.2) is 42.0 Å². The van der Waals surface area contributed by atoms with E-state index in [1.165, 1.54) is 4.31 Å². The highest BCUT2D eigenvalue weighted by Crippen LogP contribution is 2.24. The molecule has 22 heavy (non-hydrogen) atoms. The van der Waals surface area contributed by atoms with Gasteiger partial charge >= 0.3 is 5.97 Å². The van der Waals surface area contributed by atoms with Gasteiger partial charge in [0, 0.05) is 18.5 Å². The van der Waals surface area contributed by atoms with E-state index >= 15 is 0 Å². The fourth-order valence-electron chi connectivity index (χ4n) is 2.70. The van der Waals surface area contributed by atoms with E-state index < -0.39 is 21.9 Å². The molecule has 1 aliphatic rings. The second-order valence-electron chi connectivity index (χ2n) is 5.42. The molecule has 7 nitrogen and oxygen atoms in total. The Balaban J connectivity index is 1.82. The van der Waals surface area contributed by atoms with Gasteiger partial charge in [0.05, 0.1) is 5.92 Å². The van der Waals surface area contributed by atoms with E-state index in [-0.39, 0.29) is 12.3 Å². The van der Waals surface area contributed by atoms with Crippen molar-refractivity contribution in [2.45, 2.75) is 18.6 Å². The van der Waals surface area contributed by atoms with Crippen LogP contribution < -0.4 is 0 Å². The minimum Gasteiger partial charge on any atom is -0.481 e. The monoisotopic (exact) mass is 324 g/mol. The quantitative estimate of drug-likeness (QED) is 0.913. The lowest BCUT2D eigenvalue weighted by Crippen LogP contribution is -2.42. The van der Waals surface area contributed by atoms with Crippen molar-refractivity contribution in [1.29, 1.82) is 0 Å². The molecule has 118 valence electrons. The highest BCUT2D eigenvalue weighted by Gasteiger charge is 2.33. The van der Waals surface area contributed by atoms with E-state index in [0.717, 1.165) is 0 Å². The maximum atomic E-state index is 12.5. The number of carbonyl (C=O) groups is 1. The lowest BCUT2D eigenvalue weighted by Gasteiger charge is -2.29. The van der Waals surface area contributed by atoms with Crippen LogP contribution in [0.1, 0.15) is 18.5 Å². The van der Waals surface area contributed by atoms with Crippen molar-refractivity contribution in [1.82, 2.24) is 9.46 Å². The van der Waals surface area contributed by atoms with E-state index in [1.54, 1.807) is 24.3 Å². The Bertz CT molecular complexity index is 798. The molecule has 0 bridgehead atoms. The Hall–Kier alpha value is -1.93. The number of carboxylic acid groups (broad SMARTS) is 1. The van der Waals surface area contributed by atoms with E-state index in [4.69, 9.17) is 9.63 Å². The summed E-state index contributed by atoms with van der Waals surface area (Å²) in [4.78, 5) is 11.1. The van der Waals surface area contributed by atoms with E-state index in [1.807, 2.05) is 0 Å². The first kappa shape index (κ1) is 15.0. The second-order valence-corrected chi connectivity index (χ2v) is 7.39. The summed E-state index contributed by atoms with van der Waals surface area (Å²) >= 11 is 0. The summed E-state index contributed by atoms with van der Waals surface area (Å²) in [5.74, 6) is -1.87. The summed E-state index contributed by atoms with van der Waals surface area (Å²) in [5.41, 5.74) is 0.891. The van der Waals surface area contributed by atoms with Crippen LogP contribution in [0.5, 0.6) is 0 Å². The molecule has 8 heteroatoms. The van der Waals surface area contributed by atoms with Crippen LogP contribution in [0.25, 0.3) is 11.0 Å². The predicted octanol–water partition coefficient (Wildman–Crippen LogP) is 1.45. The van der Waals surface area contributed by atoms with Crippen LogP contribution in [0.4, 0.5) is 0 Å². The molecule has 1 N–H and O–H groups in total. The molecule has 1 fully saturated rings. The smallest absolute Gasteiger partial charge is 0.307 e. The summed E-state index contributed by atoms with van der Waals surface area (Å²) in [5, 5.41) is 13.6. The van der Waals surface area contributed by atoms with E-state index in [9.17, 15) is 13.2 Å². The average Bonchev–Trinajstić information content (AvgIpc) is 2.90. The fraction of sp³-hybridized carbons (Fsp3) is 0.429. The number of nitrogens with zero attached hydrogens (tertiary/aromatic N) is 2. The molecular weight excluding hydrogens is 308 g/mol. The number of fused-ring (bicyclic) bond motifs is 1. The Morgan fingerprint density at radius 2 is 2.18 bits per heavy atom. The predicted molar refractivity (Wildman–Crippen MR) is 78.6 cm³/mol. The number of sulfonamides is 1. The molecule has 2 aromatic rings. The van der Waals surface area contributed by atoms with Gasteiger partial charge in [0.25, 0.3) is 0 Å². The maximum absolute atomic E-state index is 12.5. The first-order chi connectivity index (χ1) is 10.5. The van der Waals surface area contributed by atoms with Gasteiger partial charge in [-0.05, 0) is 25.0 Å². The summed E-state index contributed by atoms with van der Waals surface area (Å²) < 4.78 is 31.4. The summed E-state index contributed by atoms with van der Waals surface area (Å²) in [6.07, 6.45) is 1.06. The SMILES string of the molecule is O=C(O)C1CCCN(S(=O)(=O)Cc2noc3ccccc23)C1. The Labute approximate surface area is 127 Å². The number of aliphatic carboxylic acids is 1. The van der Waals surface area contributed by atoms with Crippen LogP contribution in [0.2, 0.25) is 0 Å². The third-order valence-electron chi connectivity index (χ3n) is 3.90. The number of benzene rings is 1. The molecule has 1 aromatic carbocycles. The number of hydrogen-bond donors (Lipinski definition) is 1. The topological polar surface area (TPSA) is 101 Å². The normalized spacial score (nSPS) is 20.3. The number of rotatable bonds is 4. The zero-order valence-electron chi connectivity index (χ0n) is 11.8. The summed E-state index contributed by atoms with van der Waals surface area (Å²) in [6, 6.07) is 7.05. The van der Waals surface area contributed by atoms with Crippen LogP contribution in [0.3, 0.4) is 0 Å². The number of hydrogen-bond acceptors (Lipinski definition) is 5. The van der Waals surface area contributed by atoms with Crippen LogP contribution in [0.15, 0.2) is 28.8 Å². The lowest BCUT2D eigenvalue weighted by atomic mass is 10.0. The van der Waals surface area contributed by atoms with Gasteiger partial charge in [-0.15, -0.1) is 0 Å². The Morgan fingerprint density at radius 3 is 2.95 bits per heavy atom. The number of carboxylic acids is 1. The van der Waals surface area contributed by atoms with E-state index in [0.29, 0.717) is 36.0 Å². The first-order valence-corrected chi connectivity index (χ1v) is 8.62. The molecule has 1 aromatic heterocycles. The molecule has 0 spiro atoms. The van der Waals surface area contributed by atoms with Gasteiger partial charge in [-0.3, -0.25) is 4.79 Å². The number of aromatic nitrogens is 1. The van der Waals surface area contributed by atoms with Crippen LogP contribution in [0, 0.1) is 5.92 Å². The third-order valence-corrected chi connectivity index (χ3v) is 5.65. The van der Waals surface area contributed by atoms with Gasteiger partial charge in [0.15, 0.2) is 5.58 Å². The minimum atomic E-state index is -3.62. The van der Waals surface area contributed by atoms with Gasteiger partial charge in [-0.25, -0.2) is 12.7 Å². The van der Waals surface area contributed by atoms with Crippen molar-refractivity contribution >= 4 is 27.0 Å². The highest BCUT2D eigenvalue weighted by molar-refractivity contribution is 7.88. The number of piperidine rings is 1. The molecular formula is C14H16N2O5S. The van der Waals surface area contributed by atoms with Crippen molar-refractivity contribution in [2.75, 3.05) is 13.1 Å². The fourth-order valence-corrected chi connectivity index (χ4v) is 4.25. The van der Waals surface area contributed by atoms with Gasteiger partial charge in [0.1, 0.15) is 11.4 Å². The van der Waals surface area contributed by atoms with Crippen molar-refractivity contribution in [2.24, 2.45) is 5.92 Å². The number of para-hydroxylation sites is 1. The Morgan fingerprint density at radius 1 is 1.41 bits per heavy atom. The van der Waals surface area contributed by atoms with E-state index in [2.05, 4.69) is 5.16 Å². The zero-order chi connectivity index (χ0) is 15.7. The molecule has 0 saturated carbocycles. The first-order valence-electron chi connectivity index (χ1n) is 7.01. The highest BCUT2D eigenvalue weighted by atomic mass is 32.2. The minimum absolute atomic E-state index is 0.0213. The van der Waals surface area contributed by atoms with Gasteiger partial charge < -0.3 is 9.63 Å². The van der Waals surface area contributed by atoms with Gasteiger partial charge in [-0.2, -0.15) is 0 Å². The van der Waals surface area contributed by atoms with Crippen molar-refractivity contribution in [3.63, 3.8) is 0 Å². The third kappa shape index (κ3) is 2.84. The molecule has 1 unspecified atom stereocenters.